The van der Waals surface area contributed by atoms with Gasteiger partial charge in [0.05, 0.1) is 0 Å². The summed E-state index contributed by atoms with van der Waals surface area (Å²) in [4.78, 5) is 3.95. The fourth-order valence-corrected chi connectivity index (χ4v) is 1.01. The number of rotatable bonds is 2. The topological polar surface area (TPSA) is 36.7 Å². The molecule has 1 rings (SSSR count). The number of nitriles is 1. The molecule has 0 aliphatic carbocycles. The summed E-state index contributed by atoms with van der Waals surface area (Å²) in [6.45, 7) is 2.09. The number of pyridine rings is 1. The van der Waals surface area contributed by atoms with E-state index in [1.54, 1.807) is 6.20 Å². The number of aromatic nitrogens is 1. The van der Waals surface area contributed by atoms with Crippen molar-refractivity contribution < 1.29 is 0 Å². The van der Waals surface area contributed by atoms with E-state index >= 15 is 0 Å². The minimum absolute atomic E-state index is 0.564. The van der Waals surface area contributed by atoms with Crippen LogP contribution in [0.3, 0.4) is 0 Å². The first-order valence-electron chi connectivity index (χ1n) is 3.72. The number of hydrogen-bond donors (Lipinski definition) is 0. The van der Waals surface area contributed by atoms with Crippen LogP contribution in [0.5, 0.6) is 0 Å². The van der Waals surface area contributed by atoms with Crippen LogP contribution in [0.4, 0.5) is 0 Å². The van der Waals surface area contributed by atoms with Crippen molar-refractivity contribution >= 4 is 0 Å². The minimum atomic E-state index is 0.564. The third-order valence-electron chi connectivity index (χ3n) is 1.52. The lowest BCUT2D eigenvalue weighted by Crippen LogP contribution is -1.91. The molecule has 1 aromatic heterocycles. The fourth-order valence-electron chi connectivity index (χ4n) is 1.01. The maximum Gasteiger partial charge on any atom is 0.143 e. The summed E-state index contributed by atoms with van der Waals surface area (Å²) in [6.07, 6.45) is 3.65. The van der Waals surface area contributed by atoms with Crippen LogP contribution in [-0.2, 0) is 6.42 Å². The summed E-state index contributed by atoms with van der Waals surface area (Å²) in [5.74, 6) is 0. The largest absolute Gasteiger partial charge is 0.245 e. The summed E-state index contributed by atoms with van der Waals surface area (Å²) in [7, 11) is 0. The van der Waals surface area contributed by atoms with Crippen LogP contribution < -0.4 is 0 Å². The molecule has 0 saturated heterocycles. The Morgan fingerprint density at radius 3 is 3.09 bits per heavy atom. The summed E-state index contributed by atoms with van der Waals surface area (Å²) in [6, 6.07) is 5.89. The van der Waals surface area contributed by atoms with E-state index < -0.39 is 0 Å². The molecule has 0 aliphatic rings. The van der Waals surface area contributed by atoms with Crippen molar-refractivity contribution in [3.8, 4) is 6.07 Å². The zero-order valence-corrected chi connectivity index (χ0v) is 6.54. The molecular formula is C9H10N2. The predicted molar refractivity (Wildman–Crippen MR) is 42.9 cm³/mol. The fraction of sp³-hybridized carbons (Fsp3) is 0.333. The zero-order chi connectivity index (χ0) is 8.10. The lowest BCUT2D eigenvalue weighted by Gasteiger charge is -1.97. The molecule has 0 N–H and O–H groups in total. The van der Waals surface area contributed by atoms with Crippen molar-refractivity contribution in [2.24, 2.45) is 0 Å². The summed E-state index contributed by atoms with van der Waals surface area (Å²) in [5.41, 5.74) is 1.62. The van der Waals surface area contributed by atoms with Gasteiger partial charge in [-0.05, 0) is 18.1 Å². The Morgan fingerprint density at radius 1 is 1.64 bits per heavy atom. The van der Waals surface area contributed by atoms with E-state index in [-0.39, 0.29) is 0 Å². The molecule has 0 spiro atoms. The normalized spacial score (nSPS) is 9.09. The second-order valence-corrected chi connectivity index (χ2v) is 2.37. The predicted octanol–water partition coefficient (Wildman–Crippen LogP) is 1.91. The molecule has 0 amide bonds. The highest BCUT2D eigenvalue weighted by molar-refractivity contribution is 5.30. The van der Waals surface area contributed by atoms with Gasteiger partial charge in [0.2, 0.25) is 0 Å². The van der Waals surface area contributed by atoms with Crippen LogP contribution in [0.25, 0.3) is 0 Å². The van der Waals surface area contributed by atoms with E-state index in [1.165, 1.54) is 0 Å². The summed E-state index contributed by atoms with van der Waals surface area (Å²) >= 11 is 0. The van der Waals surface area contributed by atoms with Gasteiger partial charge in [0.1, 0.15) is 11.8 Å². The Bertz CT molecular complexity index is 273. The highest BCUT2D eigenvalue weighted by Crippen LogP contribution is 2.05. The SMILES string of the molecule is CCCc1cccnc1C#N. The van der Waals surface area contributed by atoms with Crippen LogP contribution in [0.1, 0.15) is 24.6 Å². The van der Waals surface area contributed by atoms with Crippen molar-refractivity contribution in [2.45, 2.75) is 19.8 Å². The maximum absolute atomic E-state index is 8.63. The first-order chi connectivity index (χ1) is 5.38. The summed E-state index contributed by atoms with van der Waals surface area (Å²) < 4.78 is 0. The molecule has 0 atom stereocenters. The van der Waals surface area contributed by atoms with Crippen LogP contribution in [-0.4, -0.2) is 4.98 Å². The van der Waals surface area contributed by atoms with Crippen molar-refractivity contribution in [1.29, 1.82) is 5.26 Å². The van der Waals surface area contributed by atoms with Gasteiger partial charge >= 0.3 is 0 Å². The van der Waals surface area contributed by atoms with E-state index in [0.717, 1.165) is 18.4 Å². The Kier molecular flexibility index (Phi) is 2.62. The average Bonchev–Trinajstić information content (AvgIpc) is 2.06. The van der Waals surface area contributed by atoms with Crippen LogP contribution in [0.15, 0.2) is 18.3 Å². The molecule has 0 saturated carbocycles. The van der Waals surface area contributed by atoms with Crippen molar-refractivity contribution in [1.82, 2.24) is 4.98 Å². The Morgan fingerprint density at radius 2 is 2.45 bits per heavy atom. The van der Waals surface area contributed by atoms with Gasteiger partial charge in [-0.3, -0.25) is 0 Å². The number of nitrogens with zero attached hydrogens (tertiary/aromatic N) is 2. The maximum atomic E-state index is 8.63. The monoisotopic (exact) mass is 146 g/mol. The second kappa shape index (κ2) is 3.72. The van der Waals surface area contributed by atoms with Gasteiger partial charge in [-0.15, -0.1) is 0 Å². The molecule has 1 heterocycles. The first-order valence-corrected chi connectivity index (χ1v) is 3.72. The van der Waals surface area contributed by atoms with Gasteiger partial charge in [0.25, 0.3) is 0 Å². The Labute approximate surface area is 66.5 Å². The molecule has 0 aromatic carbocycles. The van der Waals surface area contributed by atoms with Crippen molar-refractivity contribution in [3.05, 3.63) is 29.6 Å². The van der Waals surface area contributed by atoms with Gasteiger partial charge in [-0.2, -0.15) is 5.26 Å². The molecule has 2 heteroatoms. The van der Waals surface area contributed by atoms with Gasteiger partial charge in [0, 0.05) is 6.20 Å². The molecule has 1 aromatic rings. The van der Waals surface area contributed by atoms with Gasteiger partial charge < -0.3 is 0 Å². The van der Waals surface area contributed by atoms with Crippen LogP contribution in [0.2, 0.25) is 0 Å². The van der Waals surface area contributed by atoms with E-state index in [2.05, 4.69) is 18.0 Å². The Hall–Kier alpha value is -1.36. The first kappa shape index (κ1) is 7.74. The molecule has 0 bridgehead atoms. The smallest absolute Gasteiger partial charge is 0.143 e. The lowest BCUT2D eigenvalue weighted by molar-refractivity contribution is 0.908. The Balaban J connectivity index is 2.95. The lowest BCUT2D eigenvalue weighted by atomic mass is 10.1. The second-order valence-electron chi connectivity index (χ2n) is 2.37. The minimum Gasteiger partial charge on any atom is -0.245 e. The van der Waals surface area contributed by atoms with E-state index in [0.29, 0.717) is 5.69 Å². The van der Waals surface area contributed by atoms with Crippen molar-refractivity contribution in [3.63, 3.8) is 0 Å². The zero-order valence-electron chi connectivity index (χ0n) is 6.54. The quantitative estimate of drug-likeness (QED) is 0.639. The van der Waals surface area contributed by atoms with Crippen LogP contribution in [0, 0.1) is 11.3 Å². The van der Waals surface area contributed by atoms with Gasteiger partial charge in [-0.25, -0.2) is 4.98 Å². The molecule has 2 nitrogen and oxygen atoms in total. The van der Waals surface area contributed by atoms with Gasteiger partial charge in [0.15, 0.2) is 0 Å². The van der Waals surface area contributed by atoms with Crippen molar-refractivity contribution in [2.75, 3.05) is 0 Å². The van der Waals surface area contributed by atoms with E-state index in [9.17, 15) is 0 Å². The molecule has 56 valence electrons. The number of aryl methyl sites for hydroxylation is 1. The molecular weight excluding hydrogens is 136 g/mol. The van der Waals surface area contributed by atoms with Gasteiger partial charge in [-0.1, -0.05) is 19.4 Å². The molecule has 0 unspecified atom stereocenters. The molecule has 11 heavy (non-hydrogen) atoms. The van der Waals surface area contributed by atoms with E-state index in [1.807, 2.05) is 12.1 Å². The standard InChI is InChI=1S/C9H10N2/c1-2-4-8-5-3-6-11-9(8)7-10/h3,5-6H,2,4H2,1H3. The third-order valence-corrected chi connectivity index (χ3v) is 1.52. The van der Waals surface area contributed by atoms with E-state index in [4.69, 9.17) is 5.26 Å². The number of hydrogen-bond acceptors (Lipinski definition) is 2. The molecule has 0 aliphatic heterocycles. The average molecular weight is 146 g/mol. The summed E-state index contributed by atoms with van der Waals surface area (Å²) in [5, 5.41) is 8.63. The third kappa shape index (κ3) is 1.78. The highest BCUT2D eigenvalue weighted by atomic mass is 14.7. The molecule has 0 radical (unpaired) electrons. The van der Waals surface area contributed by atoms with Crippen LogP contribution >= 0.6 is 0 Å². The highest BCUT2D eigenvalue weighted by Gasteiger charge is 1.98. The molecule has 0 fully saturated rings.